The minimum atomic E-state index is -3.05. The number of sulfone groups is 1. The predicted octanol–water partition coefficient (Wildman–Crippen LogP) is 3.12. The van der Waals surface area contributed by atoms with E-state index < -0.39 is 9.84 Å². The largest absolute Gasteiger partial charge is 0.360 e. The Hall–Kier alpha value is -3.11. The Morgan fingerprint density at radius 2 is 1.97 bits per heavy atom. The molecule has 2 aromatic heterocycles. The Balaban J connectivity index is 1.46. The monoisotopic (exact) mass is 481 g/mol. The number of nitrogens with one attached hydrogen (secondary N) is 2. The summed E-state index contributed by atoms with van der Waals surface area (Å²) in [6.07, 6.45) is 2.38. The van der Waals surface area contributed by atoms with Crippen LogP contribution >= 0.6 is 11.8 Å². The molecule has 1 saturated heterocycles. The molecule has 8 nitrogen and oxygen atoms in total. The molecule has 0 saturated carbocycles. The quantitative estimate of drug-likeness (QED) is 0.410. The number of fused-ring (bicyclic) bond motifs is 1. The fourth-order valence-electron chi connectivity index (χ4n) is 4.13. The third-order valence-corrected chi connectivity index (χ3v) is 8.45. The molecule has 0 bridgehead atoms. The highest BCUT2D eigenvalue weighted by atomic mass is 32.2. The van der Waals surface area contributed by atoms with E-state index >= 15 is 0 Å². The van der Waals surface area contributed by atoms with Gasteiger partial charge in [-0.15, -0.1) is 10.2 Å². The van der Waals surface area contributed by atoms with Crippen molar-refractivity contribution >= 4 is 38.4 Å². The molecule has 1 aliphatic heterocycles. The molecule has 1 aliphatic rings. The summed E-state index contributed by atoms with van der Waals surface area (Å²) < 4.78 is 25.3. The number of amides is 1. The summed E-state index contributed by atoms with van der Waals surface area (Å²) in [5.74, 6) is 0.726. The first-order chi connectivity index (χ1) is 15.9. The van der Waals surface area contributed by atoms with E-state index in [1.807, 2.05) is 66.2 Å². The van der Waals surface area contributed by atoms with Gasteiger partial charge < -0.3 is 10.3 Å². The predicted molar refractivity (Wildman–Crippen MR) is 129 cm³/mol. The third-order valence-electron chi connectivity index (χ3n) is 5.75. The first-order valence-corrected chi connectivity index (χ1v) is 13.4. The standard InChI is InChI=1S/C23H23N5O3S2/c1-15-6-2-5-9-20(15)28-22(18-12-24-19-8-4-3-7-17(18)19)26-27-23(28)32-13-21(29)25-16-10-11-33(30,31)14-16/h2-9,12,16,24H,10-11,13-14H2,1H3,(H,25,29). The van der Waals surface area contributed by atoms with Crippen LogP contribution < -0.4 is 5.32 Å². The summed E-state index contributed by atoms with van der Waals surface area (Å²) in [4.78, 5) is 15.8. The zero-order chi connectivity index (χ0) is 23.0. The summed E-state index contributed by atoms with van der Waals surface area (Å²) in [6, 6.07) is 15.7. The van der Waals surface area contributed by atoms with Crippen molar-refractivity contribution < 1.29 is 13.2 Å². The van der Waals surface area contributed by atoms with Crippen LogP contribution in [0.15, 0.2) is 59.9 Å². The topological polar surface area (TPSA) is 110 Å². The number of benzene rings is 2. The van der Waals surface area contributed by atoms with Gasteiger partial charge in [0.15, 0.2) is 20.8 Å². The van der Waals surface area contributed by atoms with Crippen molar-refractivity contribution in [1.82, 2.24) is 25.1 Å². The van der Waals surface area contributed by atoms with Crippen LogP contribution in [0.5, 0.6) is 0 Å². The maximum Gasteiger partial charge on any atom is 0.230 e. The number of hydrogen-bond acceptors (Lipinski definition) is 6. The number of carbonyl (C=O) groups is 1. The van der Waals surface area contributed by atoms with Crippen molar-refractivity contribution in [3.05, 3.63) is 60.3 Å². The second-order valence-electron chi connectivity index (χ2n) is 8.13. The van der Waals surface area contributed by atoms with Crippen molar-refractivity contribution in [1.29, 1.82) is 0 Å². The van der Waals surface area contributed by atoms with Crippen LogP contribution in [0.1, 0.15) is 12.0 Å². The zero-order valence-electron chi connectivity index (χ0n) is 18.0. The normalized spacial score (nSPS) is 17.4. The molecule has 1 fully saturated rings. The second-order valence-corrected chi connectivity index (χ2v) is 11.3. The lowest BCUT2D eigenvalue weighted by Gasteiger charge is -2.13. The minimum absolute atomic E-state index is 0.00745. The summed E-state index contributed by atoms with van der Waals surface area (Å²) in [7, 11) is -3.05. The van der Waals surface area contributed by atoms with Gasteiger partial charge in [0.25, 0.3) is 0 Å². The van der Waals surface area contributed by atoms with E-state index in [-0.39, 0.29) is 29.2 Å². The van der Waals surface area contributed by atoms with Crippen molar-refractivity contribution in [3.8, 4) is 17.1 Å². The summed E-state index contributed by atoms with van der Waals surface area (Å²) in [5, 5.41) is 13.4. The number of aryl methyl sites for hydroxylation is 1. The van der Waals surface area contributed by atoms with E-state index in [2.05, 4.69) is 20.5 Å². The first-order valence-electron chi connectivity index (χ1n) is 10.6. The van der Waals surface area contributed by atoms with Crippen LogP contribution in [0.2, 0.25) is 0 Å². The number of hydrogen-bond donors (Lipinski definition) is 2. The van der Waals surface area contributed by atoms with Crippen LogP contribution in [-0.2, 0) is 14.6 Å². The molecule has 0 spiro atoms. The van der Waals surface area contributed by atoms with Crippen LogP contribution in [0.3, 0.4) is 0 Å². The third kappa shape index (κ3) is 4.40. The summed E-state index contributed by atoms with van der Waals surface area (Å²) >= 11 is 1.28. The highest BCUT2D eigenvalue weighted by Crippen LogP contribution is 2.33. The molecule has 33 heavy (non-hydrogen) atoms. The summed E-state index contributed by atoms with van der Waals surface area (Å²) in [5.41, 5.74) is 3.93. The molecular weight excluding hydrogens is 458 g/mol. The van der Waals surface area contributed by atoms with Crippen LogP contribution in [0.4, 0.5) is 0 Å². The molecule has 1 atom stereocenters. The molecular formula is C23H23N5O3S2. The Morgan fingerprint density at radius 3 is 2.76 bits per heavy atom. The molecule has 4 aromatic rings. The van der Waals surface area contributed by atoms with E-state index in [0.717, 1.165) is 27.7 Å². The molecule has 0 radical (unpaired) electrons. The Kier molecular flexibility index (Phi) is 5.71. The number of aromatic nitrogens is 4. The van der Waals surface area contributed by atoms with Crippen molar-refractivity contribution in [2.45, 2.75) is 24.5 Å². The fraction of sp³-hybridized carbons (Fsp3) is 0.261. The maximum atomic E-state index is 12.5. The van der Waals surface area contributed by atoms with Gasteiger partial charge in [-0.1, -0.05) is 48.2 Å². The van der Waals surface area contributed by atoms with Crippen molar-refractivity contribution in [2.24, 2.45) is 0 Å². The van der Waals surface area contributed by atoms with Crippen molar-refractivity contribution in [3.63, 3.8) is 0 Å². The second kappa shape index (κ2) is 8.68. The van der Waals surface area contributed by atoms with Gasteiger partial charge in [0, 0.05) is 28.7 Å². The van der Waals surface area contributed by atoms with Gasteiger partial charge in [-0.05, 0) is 31.0 Å². The molecule has 10 heteroatoms. The van der Waals surface area contributed by atoms with E-state index in [1.165, 1.54) is 11.8 Å². The number of rotatable bonds is 6. The van der Waals surface area contributed by atoms with Gasteiger partial charge in [-0.3, -0.25) is 9.36 Å². The van der Waals surface area contributed by atoms with E-state index in [9.17, 15) is 13.2 Å². The average molecular weight is 482 g/mol. The van der Waals surface area contributed by atoms with Crippen LogP contribution in [0.25, 0.3) is 28.0 Å². The molecule has 1 amide bonds. The Bertz CT molecular complexity index is 1440. The number of aromatic amines is 1. The number of H-pyrrole nitrogens is 1. The summed E-state index contributed by atoms with van der Waals surface area (Å²) in [6.45, 7) is 2.02. The first kappa shape index (κ1) is 21.7. The number of carbonyl (C=O) groups excluding carboxylic acids is 1. The number of nitrogens with zero attached hydrogens (tertiary/aromatic N) is 3. The lowest BCUT2D eigenvalue weighted by atomic mass is 10.1. The molecule has 2 aromatic carbocycles. The Labute approximate surface area is 195 Å². The van der Waals surface area contributed by atoms with Gasteiger partial charge in [0.05, 0.1) is 22.9 Å². The molecule has 170 valence electrons. The van der Waals surface area contributed by atoms with Gasteiger partial charge >= 0.3 is 0 Å². The highest BCUT2D eigenvalue weighted by molar-refractivity contribution is 7.99. The van der Waals surface area contributed by atoms with Crippen LogP contribution in [-0.4, -0.2) is 57.4 Å². The fourth-order valence-corrected chi connectivity index (χ4v) is 6.56. The Morgan fingerprint density at radius 1 is 1.18 bits per heavy atom. The van der Waals surface area contributed by atoms with Gasteiger partial charge in [0.1, 0.15) is 0 Å². The van der Waals surface area contributed by atoms with Crippen LogP contribution in [0, 0.1) is 6.92 Å². The van der Waals surface area contributed by atoms with E-state index in [4.69, 9.17) is 0 Å². The van der Waals surface area contributed by atoms with Gasteiger partial charge in [-0.25, -0.2) is 8.42 Å². The molecule has 5 rings (SSSR count). The van der Waals surface area contributed by atoms with Gasteiger partial charge in [0.2, 0.25) is 5.91 Å². The molecule has 1 unspecified atom stereocenters. The smallest absolute Gasteiger partial charge is 0.230 e. The minimum Gasteiger partial charge on any atom is -0.360 e. The number of para-hydroxylation sites is 2. The molecule has 0 aliphatic carbocycles. The SMILES string of the molecule is Cc1ccccc1-n1c(SCC(=O)NC2CCS(=O)(=O)C2)nnc1-c1c[nH]c2ccccc12. The maximum absolute atomic E-state index is 12.5. The lowest BCUT2D eigenvalue weighted by molar-refractivity contribution is -0.119. The lowest BCUT2D eigenvalue weighted by Crippen LogP contribution is -2.36. The van der Waals surface area contributed by atoms with E-state index in [1.54, 1.807) is 0 Å². The van der Waals surface area contributed by atoms with Gasteiger partial charge in [-0.2, -0.15) is 0 Å². The number of thioether (sulfide) groups is 1. The highest BCUT2D eigenvalue weighted by Gasteiger charge is 2.29. The average Bonchev–Trinajstić information content (AvgIpc) is 3.49. The van der Waals surface area contributed by atoms with E-state index in [0.29, 0.717) is 17.4 Å². The zero-order valence-corrected chi connectivity index (χ0v) is 19.6. The van der Waals surface area contributed by atoms with Crippen molar-refractivity contribution in [2.75, 3.05) is 17.3 Å². The molecule has 3 heterocycles. The molecule has 2 N–H and O–H groups in total.